The van der Waals surface area contributed by atoms with Crippen molar-refractivity contribution in [1.82, 2.24) is 0 Å². The Hall–Kier alpha value is 3.28. The summed E-state index contributed by atoms with van der Waals surface area (Å²) in [5.74, 6) is 0. The van der Waals surface area contributed by atoms with Crippen molar-refractivity contribution in [1.29, 1.82) is 0 Å². The van der Waals surface area contributed by atoms with E-state index in [9.17, 15) is 25.5 Å². The maximum Gasteiger partial charge on any atom is 5.00 e. The molecule has 0 aromatic rings. The van der Waals surface area contributed by atoms with Crippen molar-refractivity contribution in [3.8, 4) is 0 Å². The summed E-state index contributed by atoms with van der Waals surface area (Å²) in [4.78, 5) is -3.63. The van der Waals surface area contributed by atoms with Gasteiger partial charge in [-0.3, -0.25) is 0 Å². The van der Waals surface area contributed by atoms with Crippen LogP contribution in [0.2, 0.25) is 0 Å². The van der Waals surface area contributed by atoms with Crippen molar-refractivity contribution in [2.75, 3.05) is 33.0 Å². The number of hydrogen-bond donors (Lipinski definition) is 0. The second-order valence-electron chi connectivity index (χ2n) is 2.79. The maximum atomic E-state index is 9.37. The van der Waals surface area contributed by atoms with Gasteiger partial charge in [-0.1, -0.05) is 0 Å². The van der Waals surface area contributed by atoms with Crippen molar-refractivity contribution in [2.24, 2.45) is 0 Å². The van der Waals surface area contributed by atoms with Crippen LogP contribution in [0.5, 0.6) is 0 Å². The summed E-state index contributed by atoms with van der Waals surface area (Å²) in [7, 11) is 0. The molecule has 26 heavy (non-hydrogen) atoms. The summed E-state index contributed by atoms with van der Waals surface area (Å²) in [5, 5.41) is 46.8. The number of rotatable bonds is 5. The fourth-order valence-corrected chi connectivity index (χ4v) is 0. The average molecular weight is 621 g/mol. The molecule has 0 aliphatic rings. The Kier molecular flexibility index (Phi) is 64.5. The van der Waals surface area contributed by atoms with E-state index in [2.05, 4.69) is 0 Å². The van der Waals surface area contributed by atoms with Gasteiger partial charge in [-0.2, -0.15) is 0 Å². The van der Waals surface area contributed by atoms with E-state index >= 15 is 0 Å². The molecule has 0 rings (SSSR count). The number of hydrogen-bond acceptors (Lipinski definition) is 5. The van der Waals surface area contributed by atoms with E-state index in [4.69, 9.17) is 116 Å². The molecule has 160 valence electrons. The van der Waals surface area contributed by atoms with Crippen LogP contribution in [0.1, 0.15) is 0 Å². The summed E-state index contributed by atoms with van der Waals surface area (Å²) in [5.41, 5.74) is 0. The van der Waals surface area contributed by atoms with E-state index < -0.39 is 57.2 Å². The van der Waals surface area contributed by atoms with Crippen LogP contribution in [-0.4, -0.2) is 57.2 Å². The smallest absolute Gasteiger partial charge is 0.853 e. The van der Waals surface area contributed by atoms with E-state index in [-0.39, 0.29) is 18.6 Å². The minimum absolute atomic E-state index is 0. The first-order valence-corrected chi connectivity index (χ1v) is 10.0. The Bertz CT molecular complexity index is 161. The van der Waals surface area contributed by atoms with Crippen LogP contribution in [0.15, 0.2) is 0 Å². The summed E-state index contributed by atoms with van der Waals surface area (Å²) < 4.78 is 0. The Morgan fingerprint density at radius 3 is 0.385 bits per heavy atom. The molecule has 0 bridgehead atoms. The standard InChI is InChI=1S/5C2H3Cl2O.V/c5*3-2(4)1-5;/h5*2H,1H2;/q5*-1;+5. The molecule has 16 heteroatoms. The van der Waals surface area contributed by atoms with Crippen molar-refractivity contribution >= 4 is 116 Å². The minimum Gasteiger partial charge on any atom is -0.853 e. The average Bonchev–Trinajstić information content (AvgIpc) is 2.56. The van der Waals surface area contributed by atoms with Crippen LogP contribution in [0, 0.1) is 0 Å². The Morgan fingerprint density at radius 1 is 0.346 bits per heavy atom. The van der Waals surface area contributed by atoms with Crippen LogP contribution in [0.3, 0.4) is 0 Å². The molecule has 0 N–H and O–H groups in total. The van der Waals surface area contributed by atoms with E-state index in [0.29, 0.717) is 0 Å². The molecule has 0 spiro atoms. The zero-order valence-electron chi connectivity index (χ0n) is 12.7. The Morgan fingerprint density at radius 2 is 0.385 bits per heavy atom. The van der Waals surface area contributed by atoms with Crippen LogP contribution >= 0.6 is 116 Å². The van der Waals surface area contributed by atoms with Crippen molar-refractivity contribution < 1.29 is 44.1 Å². The van der Waals surface area contributed by atoms with Gasteiger partial charge >= 0.3 is 18.6 Å². The number of halogens is 10. The molecule has 0 saturated heterocycles. The second-order valence-corrected chi connectivity index (χ2v) is 9.17. The first-order chi connectivity index (χ1) is 11.4. The first kappa shape index (κ1) is 43.2. The van der Waals surface area contributed by atoms with Crippen LogP contribution in [-0.2, 0) is 18.6 Å². The number of alkyl halides is 10. The molecular formula is C10H15Cl10O5V. The largest absolute Gasteiger partial charge is 5.00 e. The van der Waals surface area contributed by atoms with Gasteiger partial charge in [0.05, 0.1) is 24.2 Å². The molecule has 0 heterocycles. The third kappa shape index (κ3) is 107. The maximum absolute atomic E-state index is 9.37. The molecule has 5 nitrogen and oxygen atoms in total. The summed E-state index contributed by atoms with van der Waals surface area (Å²) in [6, 6.07) is 0. The van der Waals surface area contributed by atoms with Crippen molar-refractivity contribution in [3.63, 3.8) is 0 Å². The van der Waals surface area contributed by atoms with Crippen molar-refractivity contribution in [2.45, 2.75) is 24.2 Å². The summed E-state index contributed by atoms with van der Waals surface area (Å²) in [6.45, 7) is -2.07. The monoisotopic (exact) mass is 616 g/mol. The molecule has 0 aromatic heterocycles. The molecule has 0 amide bonds. The van der Waals surface area contributed by atoms with Gasteiger partial charge < -0.3 is 25.5 Å². The van der Waals surface area contributed by atoms with Gasteiger partial charge in [0.15, 0.2) is 0 Å². The molecule has 0 unspecified atom stereocenters. The van der Waals surface area contributed by atoms with Gasteiger partial charge in [-0.05, 0) is 0 Å². The Balaban J connectivity index is -0.0000000476. The molecule has 0 atom stereocenters. The van der Waals surface area contributed by atoms with Crippen LogP contribution in [0.4, 0.5) is 0 Å². The predicted octanol–water partition coefficient (Wildman–Crippen LogP) is 0.750. The van der Waals surface area contributed by atoms with Gasteiger partial charge in [0.25, 0.3) is 0 Å². The molecule has 0 aliphatic carbocycles. The zero-order chi connectivity index (χ0) is 21.4. The van der Waals surface area contributed by atoms with Gasteiger partial charge in [0.2, 0.25) is 0 Å². The van der Waals surface area contributed by atoms with Gasteiger partial charge in [0, 0.05) is 0 Å². The normalized spacial score (nSPS) is 9.23. The van der Waals surface area contributed by atoms with Crippen LogP contribution in [0.25, 0.3) is 0 Å². The second kappa shape index (κ2) is 38.8. The van der Waals surface area contributed by atoms with Gasteiger partial charge in [-0.25, -0.2) is 0 Å². The molecular weight excluding hydrogens is 606 g/mol. The van der Waals surface area contributed by atoms with Gasteiger partial charge in [-0.15, -0.1) is 149 Å². The van der Waals surface area contributed by atoms with E-state index in [1.165, 1.54) is 0 Å². The van der Waals surface area contributed by atoms with Crippen LogP contribution < -0.4 is 25.5 Å². The minimum atomic E-state index is -0.727. The van der Waals surface area contributed by atoms with Crippen molar-refractivity contribution in [3.05, 3.63) is 0 Å². The predicted molar refractivity (Wildman–Crippen MR) is 102 cm³/mol. The molecule has 0 aromatic carbocycles. The van der Waals surface area contributed by atoms with E-state index in [1.54, 1.807) is 0 Å². The van der Waals surface area contributed by atoms with Gasteiger partial charge in [0.1, 0.15) is 0 Å². The fraction of sp³-hybridized carbons (Fsp3) is 1.00. The third-order valence-electron chi connectivity index (χ3n) is 0.630. The molecule has 0 radical (unpaired) electrons. The Labute approximate surface area is 215 Å². The zero-order valence-corrected chi connectivity index (χ0v) is 21.6. The SMILES string of the molecule is [O-]CC(Cl)Cl.[O-]CC(Cl)Cl.[O-]CC(Cl)Cl.[O-]CC(Cl)Cl.[O-]CC(Cl)Cl.[V+5]. The fourth-order valence-electron chi connectivity index (χ4n) is 0. The molecule has 0 fully saturated rings. The summed E-state index contributed by atoms with van der Waals surface area (Å²) >= 11 is 49.2. The molecule has 0 aliphatic heterocycles. The topological polar surface area (TPSA) is 115 Å². The summed E-state index contributed by atoms with van der Waals surface area (Å²) in [6.07, 6.45) is 0. The molecule has 0 saturated carbocycles. The first-order valence-electron chi connectivity index (χ1n) is 5.67. The quantitative estimate of drug-likeness (QED) is 0.421. The van der Waals surface area contributed by atoms with E-state index in [1.807, 2.05) is 0 Å². The van der Waals surface area contributed by atoms with E-state index in [0.717, 1.165) is 0 Å². The third-order valence-corrected chi connectivity index (χ3v) is 1.89.